The molecule has 1 N–H and O–H groups in total. The molecule has 1 amide bonds. The van der Waals surface area contributed by atoms with E-state index in [2.05, 4.69) is 39.1 Å². The first-order valence-corrected chi connectivity index (χ1v) is 9.63. The number of nitrogens with zero attached hydrogens (tertiary/aromatic N) is 4. The summed E-state index contributed by atoms with van der Waals surface area (Å²) in [5.74, 6) is 1.14. The second kappa shape index (κ2) is 8.23. The van der Waals surface area contributed by atoms with Crippen LogP contribution >= 0.6 is 0 Å². The Hall–Kier alpha value is -1.53. The highest BCUT2D eigenvalue weighted by atomic mass is 16.1. The molecule has 6 nitrogen and oxygen atoms in total. The second-order valence-corrected chi connectivity index (χ2v) is 7.46. The van der Waals surface area contributed by atoms with Gasteiger partial charge in [-0.3, -0.25) is 9.69 Å². The van der Waals surface area contributed by atoms with E-state index < -0.39 is 0 Å². The second-order valence-electron chi connectivity index (χ2n) is 7.46. The Labute approximate surface area is 151 Å². The lowest BCUT2D eigenvalue weighted by molar-refractivity contribution is 0.0935. The number of hydrogen-bond acceptors (Lipinski definition) is 5. The predicted molar refractivity (Wildman–Crippen MR) is 98.8 cm³/mol. The summed E-state index contributed by atoms with van der Waals surface area (Å²) >= 11 is 0. The SMILES string of the molecule is CCN1CCC[C@@H]1CNC(=O)c1cc(C)nc(C2CCN(C)CC2)n1. The molecule has 0 radical (unpaired) electrons. The topological polar surface area (TPSA) is 61.4 Å². The molecule has 0 saturated carbocycles. The maximum Gasteiger partial charge on any atom is 0.270 e. The molecule has 0 unspecified atom stereocenters. The van der Waals surface area contributed by atoms with Gasteiger partial charge in [0.05, 0.1) is 0 Å². The van der Waals surface area contributed by atoms with Crippen LogP contribution in [0.5, 0.6) is 0 Å². The summed E-state index contributed by atoms with van der Waals surface area (Å²) in [6.07, 6.45) is 4.52. The average molecular weight is 345 g/mol. The van der Waals surface area contributed by atoms with Gasteiger partial charge in [0.1, 0.15) is 11.5 Å². The number of hydrogen-bond donors (Lipinski definition) is 1. The fraction of sp³-hybridized carbons (Fsp3) is 0.737. The zero-order valence-corrected chi connectivity index (χ0v) is 15.8. The summed E-state index contributed by atoms with van der Waals surface area (Å²) in [6, 6.07) is 2.27. The van der Waals surface area contributed by atoms with E-state index >= 15 is 0 Å². The van der Waals surface area contributed by atoms with Crippen LogP contribution in [0.4, 0.5) is 0 Å². The number of carbonyl (C=O) groups is 1. The minimum absolute atomic E-state index is 0.0670. The van der Waals surface area contributed by atoms with E-state index in [1.807, 2.05) is 6.92 Å². The third-order valence-electron chi connectivity index (χ3n) is 5.59. The Kier molecular flexibility index (Phi) is 6.02. The smallest absolute Gasteiger partial charge is 0.270 e. The minimum Gasteiger partial charge on any atom is -0.349 e. The van der Waals surface area contributed by atoms with E-state index in [-0.39, 0.29) is 5.91 Å². The summed E-state index contributed by atoms with van der Waals surface area (Å²) < 4.78 is 0. The summed E-state index contributed by atoms with van der Waals surface area (Å²) in [7, 11) is 2.15. The number of aromatic nitrogens is 2. The molecule has 0 bridgehead atoms. The third kappa shape index (κ3) is 4.55. The molecule has 2 saturated heterocycles. The van der Waals surface area contributed by atoms with Crippen LogP contribution in [-0.4, -0.2) is 71.5 Å². The number of rotatable bonds is 5. The molecular weight excluding hydrogens is 314 g/mol. The van der Waals surface area contributed by atoms with Gasteiger partial charge in [0.2, 0.25) is 0 Å². The van der Waals surface area contributed by atoms with Gasteiger partial charge in [-0.1, -0.05) is 6.92 Å². The van der Waals surface area contributed by atoms with Crippen LogP contribution in [0.15, 0.2) is 6.07 Å². The van der Waals surface area contributed by atoms with Crippen LogP contribution in [-0.2, 0) is 0 Å². The molecule has 3 rings (SSSR count). The molecule has 25 heavy (non-hydrogen) atoms. The van der Waals surface area contributed by atoms with Crippen molar-refractivity contribution in [1.29, 1.82) is 0 Å². The van der Waals surface area contributed by atoms with E-state index in [1.165, 1.54) is 6.42 Å². The number of aryl methyl sites for hydroxylation is 1. The van der Waals surface area contributed by atoms with E-state index in [0.717, 1.165) is 57.0 Å². The van der Waals surface area contributed by atoms with Gasteiger partial charge in [0.15, 0.2) is 0 Å². The molecule has 2 aliphatic heterocycles. The van der Waals surface area contributed by atoms with Gasteiger partial charge in [-0.25, -0.2) is 9.97 Å². The molecule has 2 fully saturated rings. The zero-order valence-electron chi connectivity index (χ0n) is 15.8. The fourth-order valence-electron chi connectivity index (χ4n) is 4.00. The first-order valence-electron chi connectivity index (χ1n) is 9.63. The molecule has 0 aliphatic carbocycles. The van der Waals surface area contributed by atoms with Gasteiger partial charge in [-0.15, -0.1) is 0 Å². The molecule has 6 heteroatoms. The van der Waals surface area contributed by atoms with Crippen LogP contribution in [0.3, 0.4) is 0 Å². The van der Waals surface area contributed by atoms with E-state index in [1.54, 1.807) is 6.07 Å². The number of piperidine rings is 1. The first kappa shape index (κ1) is 18.3. The number of carbonyl (C=O) groups excluding carboxylic acids is 1. The molecule has 1 aromatic heterocycles. The first-order chi connectivity index (χ1) is 12.1. The molecule has 3 heterocycles. The summed E-state index contributed by atoms with van der Waals surface area (Å²) in [4.78, 5) is 26.6. The molecule has 0 spiro atoms. The molecular formula is C19H31N5O. The highest BCUT2D eigenvalue weighted by molar-refractivity contribution is 5.92. The van der Waals surface area contributed by atoms with Crippen molar-refractivity contribution in [2.75, 3.05) is 39.8 Å². The quantitative estimate of drug-likeness (QED) is 0.882. The van der Waals surface area contributed by atoms with Crippen molar-refractivity contribution in [3.63, 3.8) is 0 Å². The Morgan fingerprint density at radius 3 is 2.72 bits per heavy atom. The van der Waals surface area contributed by atoms with E-state index in [9.17, 15) is 4.79 Å². The van der Waals surface area contributed by atoms with Crippen molar-refractivity contribution < 1.29 is 4.79 Å². The van der Waals surface area contributed by atoms with Crippen molar-refractivity contribution in [2.45, 2.75) is 51.5 Å². The van der Waals surface area contributed by atoms with Gasteiger partial charge >= 0.3 is 0 Å². The molecule has 1 aromatic rings. The van der Waals surface area contributed by atoms with Gasteiger partial charge in [-0.2, -0.15) is 0 Å². The lowest BCUT2D eigenvalue weighted by Crippen LogP contribution is -2.40. The Morgan fingerprint density at radius 1 is 1.24 bits per heavy atom. The van der Waals surface area contributed by atoms with Crippen molar-refractivity contribution in [3.8, 4) is 0 Å². The van der Waals surface area contributed by atoms with Crippen molar-refractivity contribution in [3.05, 3.63) is 23.3 Å². The van der Waals surface area contributed by atoms with E-state index in [0.29, 0.717) is 24.2 Å². The lowest BCUT2D eigenvalue weighted by atomic mass is 9.96. The van der Waals surface area contributed by atoms with Crippen molar-refractivity contribution in [1.82, 2.24) is 25.1 Å². The summed E-state index contributed by atoms with van der Waals surface area (Å²) in [5.41, 5.74) is 1.40. The van der Waals surface area contributed by atoms with Crippen LogP contribution in [0.1, 0.15) is 60.5 Å². The van der Waals surface area contributed by atoms with Gasteiger partial charge < -0.3 is 10.2 Å². The van der Waals surface area contributed by atoms with Gasteiger partial charge in [-0.05, 0) is 71.9 Å². The molecule has 0 aromatic carbocycles. The van der Waals surface area contributed by atoms with Gasteiger partial charge in [0.25, 0.3) is 5.91 Å². The highest BCUT2D eigenvalue weighted by Crippen LogP contribution is 2.25. The Balaban J connectivity index is 1.64. The Morgan fingerprint density at radius 2 is 2.00 bits per heavy atom. The number of nitrogens with one attached hydrogen (secondary N) is 1. The van der Waals surface area contributed by atoms with Gasteiger partial charge in [0, 0.05) is 24.2 Å². The normalized spacial score (nSPS) is 23.1. The predicted octanol–water partition coefficient (Wildman–Crippen LogP) is 1.81. The van der Waals surface area contributed by atoms with Crippen LogP contribution in [0, 0.1) is 6.92 Å². The van der Waals surface area contributed by atoms with Crippen molar-refractivity contribution in [2.24, 2.45) is 0 Å². The maximum atomic E-state index is 12.6. The summed E-state index contributed by atoms with van der Waals surface area (Å²) in [5, 5.41) is 3.09. The molecule has 1 atom stereocenters. The van der Waals surface area contributed by atoms with E-state index in [4.69, 9.17) is 0 Å². The van der Waals surface area contributed by atoms with Crippen LogP contribution in [0.2, 0.25) is 0 Å². The number of amides is 1. The number of likely N-dealkylation sites (N-methyl/N-ethyl adjacent to an activating group) is 1. The monoisotopic (exact) mass is 345 g/mol. The fourth-order valence-corrected chi connectivity index (χ4v) is 4.00. The van der Waals surface area contributed by atoms with Crippen LogP contribution in [0.25, 0.3) is 0 Å². The third-order valence-corrected chi connectivity index (χ3v) is 5.59. The lowest BCUT2D eigenvalue weighted by Gasteiger charge is -2.28. The standard InChI is InChI=1S/C19H31N5O/c1-4-24-9-5-6-16(24)13-20-19(25)17-12-14(2)21-18(22-17)15-7-10-23(3)11-8-15/h12,15-16H,4-11,13H2,1-3H3,(H,20,25)/t16-/m1/s1. The zero-order chi connectivity index (χ0) is 17.8. The Bertz CT molecular complexity index is 597. The average Bonchev–Trinajstić information content (AvgIpc) is 3.07. The largest absolute Gasteiger partial charge is 0.349 e. The van der Waals surface area contributed by atoms with Crippen LogP contribution < -0.4 is 5.32 Å². The molecule has 2 aliphatic rings. The number of likely N-dealkylation sites (tertiary alicyclic amines) is 2. The maximum absolute atomic E-state index is 12.6. The summed E-state index contributed by atoms with van der Waals surface area (Å²) in [6.45, 7) is 9.17. The highest BCUT2D eigenvalue weighted by Gasteiger charge is 2.25. The minimum atomic E-state index is -0.0670. The molecule has 138 valence electrons. The van der Waals surface area contributed by atoms with Crippen molar-refractivity contribution >= 4 is 5.91 Å².